The molecule has 0 spiro atoms. The monoisotopic (exact) mass is 452 g/mol. The Kier molecular flexibility index (Phi) is 6.41. The summed E-state index contributed by atoms with van der Waals surface area (Å²) < 4.78 is 20.3. The number of aryl methyl sites for hydroxylation is 1. The molecule has 0 saturated heterocycles. The average molecular weight is 453 g/mol. The Morgan fingerprint density at radius 3 is 2.75 bits per heavy atom. The van der Waals surface area contributed by atoms with E-state index in [1.54, 1.807) is 12.1 Å². The molecule has 0 aliphatic carbocycles. The molecule has 0 fully saturated rings. The lowest BCUT2D eigenvalue weighted by Gasteiger charge is -2.30. The molecule has 0 radical (unpaired) electrons. The van der Waals surface area contributed by atoms with Gasteiger partial charge in [0, 0.05) is 23.8 Å². The number of nitrogens with zero attached hydrogens (tertiary/aromatic N) is 4. The third kappa shape index (κ3) is 4.60. The third-order valence-electron chi connectivity index (χ3n) is 5.16. The first kappa shape index (κ1) is 22.2. The second-order valence-corrected chi connectivity index (χ2v) is 9.28. The first-order valence-corrected chi connectivity index (χ1v) is 11.5. The fourth-order valence-corrected chi connectivity index (χ4v) is 4.56. The number of carbonyl (C=O) groups excluding carboxylic acids is 1. The summed E-state index contributed by atoms with van der Waals surface area (Å²) in [5, 5.41) is 9.24. The van der Waals surface area contributed by atoms with Gasteiger partial charge in [-0.25, -0.2) is 4.39 Å². The number of ether oxygens (including phenoxy) is 1. The molecule has 0 saturated carbocycles. The Hall–Kier alpha value is -3.00. The highest BCUT2D eigenvalue weighted by Crippen LogP contribution is 2.43. The maximum Gasteiger partial charge on any atom is 0.247 e. The van der Waals surface area contributed by atoms with Gasteiger partial charge >= 0.3 is 0 Å². The zero-order valence-electron chi connectivity index (χ0n) is 18.5. The van der Waals surface area contributed by atoms with E-state index >= 15 is 0 Å². The van der Waals surface area contributed by atoms with Crippen LogP contribution >= 0.6 is 11.8 Å². The van der Waals surface area contributed by atoms with Crippen molar-refractivity contribution in [3.05, 3.63) is 59.4 Å². The van der Waals surface area contributed by atoms with Crippen LogP contribution in [-0.2, 0) is 4.79 Å². The van der Waals surface area contributed by atoms with Crippen molar-refractivity contribution in [3.8, 4) is 17.1 Å². The van der Waals surface area contributed by atoms with Crippen LogP contribution < -0.4 is 9.64 Å². The normalized spacial score (nSPS) is 15.1. The molecule has 2 heterocycles. The number of halogens is 1. The van der Waals surface area contributed by atoms with Crippen molar-refractivity contribution in [1.29, 1.82) is 0 Å². The molecule has 1 atom stereocenters. The van der Waals surface area contributed by atoms with E-state index in [4.69, 9.17) is 4.74 Å². The largest absolute Gasteiger partial charge is 0.447 e. The lowest BCUT2D eigenvalue weighted by Crippen LogP contribution is -2.36. The minimum atomic E-state index is -0.892. The van der Waals surface area contributed by atoms with E-state index in [0.29, 0.717) is 33.6 Å². The van der Waals surface area contributed by atoms with Crippen LogP contribution in [0.3, 0.4) is 0 Å². The summed E-state index contributed by atoms with van der Waals surface area (Å²) in [6, 6.07) is 11.8. The zero-order valence-corrected chi connectivity index (χ0v) is 19.3. The Labute approximate surface area is 191 Å². The van der Waals surface area contributed by atoms with Crippen molar-refractivity contribution in [2.45, 2.75) is 45.5 Å². The van der Waals surface area contributed by atoms with Gasteiger partial charge in [-0.1, -0.05) is 49.4 Å². The molecule has 1 aliphatic rings. The molecule has 166 valence electrons. The van der Waals surface area contributed by atoms with Crippen LogP contribution in [0, 0.1) is 18.7 Å². The second kappa shape index (κ2) is 9.24. The van der Waals surface area contributed by atoms with Gasteiger partial charge in [-0.2, -0.15) is 4.98 Å². The molecular weight excluding hydrogens is 427 g/mol. The van der Waals surface area contributed by atoms with Gasteiger partial charge in [-0.05, 0) is 43.5 Å². The van der Waals surface area contributed by atoms with E-state index in [0.717, 1.165) is 17.7 Å². The van der Waals surface area contributed by atoms with Gasteiger partial charge in [-0.15, -0.1) is 10.2 Å². The van der Waals surface area contributed by atoms with Crippen LogP contribution in [0.15, 0.2) is 47.6 Å². The molecule has 0 N–H and O–H groups in total. The van der Waals surface area contributed by atoms with E-state index in [1.165, 1.54) is 35.7 Å². The highest BCUT2D eigenvalue weighted by Gasteiger charge is 2.34. The molecule has 2 aromatic carbocycles. The molecule has 1 aromatic heterocycles. The lowest BCUT2D eigenvalue weighted by molar-refractivity contribution is -0.118. The quantitative estimate of drug-likeness (QED) is 0.472. The van der Waals surface area contributed by atoms with Crippen molar-refractivity contribution < 1.29 is 13.9 Å². The number of carbonyl (C=O) groups is 1. The molecule has 3 aromatic rings. The summed E-state index contributed by atoms with van der Waals surface area (Å²) >= 11 is 1.51. The molecule has 4 rings (SSSR count). The fraction of sp³-hybridized carbons (Fsp3) is 0.333. The standard InChI is InChI=1S/C24H25FN4O2S/c1-14(2)10-11-32-24-26-22-21(27-28-24)19-12-15(3)8-9-20(19)29(16(4)30)23(31-22)17-6-5-7-18(25)13-17/h5-9,12-14,23H,10-11H2,1-4H3/t23-/m0/s1. The number of aromatic nitrogens is 3. The summed E-state index contributed by atoms with van der Waals surface area (Å²) in [4.78, 5) is 18.9. The molecule has 0 unspecified atom stereocenters. The molecule has 32 heavy (non-hydrogen) atoms. The third-order valence-corrected chi connectivity index (χ3v) is 6.03. The van der Waals surface area contributed by atoms with Crippen molar-refractivity contribution in [2.75, 3.05) is 10.7 Å². The Balaban J connectivity index is 1.85. The van der Waals surface area contributed by atoms with Crippen LogP contribution in [0.5, 0.6) is 5.88 Å². The van der Waals surface area contributed by atoms with Crippen molar-refractivity contribution in [2.24, 2.45) is 5.92 Å². The van der Waals surface area contributed by atoms with Crippen molar-refractivity contribution >= 4 is 23.4 Å². The van der Waals surface area contributed by atoms with Gasteiger partial charge in [0.25, 0.3) is 0 Å². The second-order valence-electron chi connectivity index (χ2n) is 8.21. The maximum absolute atomic E-state index is 14.1. The Morgan fingerprint density at radius 2 is 2.03 bits per heavy atom. The fourth-order valence-electron chi connectivity index (χ4n) is 3.54. The van der Waals surface area contributed by atoms with Crippen LogP contribution in [0.2, 0.25) is 0 Å². The number of anilines is 1. The van der Waals surface area contributed by atoms with Crippen molar-refractivity contribution in [3.63, 3.8) is 0 Å². The van der Waals surface area contributed by atoms with Gasteiger partial charge in [0.05, 0.1) is 5.69 Å². The zero-order chi connectivity index (χ0) is 22.8. The number of amides is 1. The van der Waals surface area contributed by atoms with Gasteiger partial charge in [0.1, 0.15) is 5.82 Å². The smallest absolute Gasteiger partial charge is 0.247 e. The van der Waals surface area contributed by atoms with Gasteiger partial charge in [0.2, 0.25) is 23.2 Å². The predicted molar refractivity (Wildman–Crippen MR) is 123 cm³/mol. The topological polar surface area (TPSA) is 68.2 Å². The number of hydrogen-bond acceptors (Lipinski definition) is 6. The van der Waals surface area contributed by atoms with Crippen LogP contribution in [0.1, 0.15) is 44.5 Å². The first-order valence-electron chi connectivity index (χ1n) is 10.5. The predicted octanol–water partition coefficient (Wildman–Crippen LogP) is 5.57. The van der Waals surface area contributed by atoms with Crippen molar-refractivity contribution in [1.82, 2.24) is 15.2 Å². The Morgan fingerprint density at radius 1 is 1.22 bits per heavy atom. The minimum absolute atomic E-state index is 0.239. The van der Waals surface area contributed by atoms with Gasteiger partial charge in [0.15, 0.2) is 5.69 Å². The van der Waals surface area contributed by atoms with E-state index in [9.17, 15) is 9.18 Å². The maximum atomic E-state index is 14.1. The van der Waals surface area contributed by atoms with Gasteiger partial charge < -0.3 is 4.74 Å². The molecule has 0 bridgehead atoms. The number of thioether (sulfide) groups is 1. The van der Waals surface area contributed by atoms with Crippen LogP contribution in [0.25, 0.3) is 11.3 Å². The molecule has 6 nitrogen and oxygen atoms in total. The number of benzene rings is 2. The Bertz CT molecular complexity index is 1150. The van der Waals surface area contributed by atoms with E-state index in [2.05, 4.69) is 29.0 Å². The summed E-state index contributed by atoms with van der Waals surface area (Å²) in [6.45, 7) is 7.75. The van der Waals surface area contributed by atoms with E-state index < -0.39 is 12.0 Å². The summed E-state index contributed by atoms with van der Waals surface area (Å²) in [5.74, 6) is 1.06. The first-order chi connectivity index (χ1) is 15.3. The van der Waals surface area contributed by atoms with E-state index in [1.807, 2.05) is 25.1 Å². The van der Waals surface area contributed by atoms with Crippen LogP contribution in [-0.4, -0.2) is 26.8 Å². The summed E-state index contributed by atoms with van der Waals surface area (Å²) in [6.07, 6.45) is 0.133. The summed E-state index contributed by atoms with van der Waals surface area (Å²) in [7, 11) is 0. The molecule has 8 heteroatoms. The number of hydrogen-bond donors (Lipinski definition) is 0. The minimum Gasteiger partial charge on any atom is -0.447 e. The van der Waals surface area contributed by atoms with E-state index in [-0.39, 0.29) is 11.8 Å². The number of fused-ring (bicyclic) bond motifs is 3. The molecule has 1 amide bonds. The summed E-state index contributed by atoms with van der Waals surface area (Å²) in [5.41, 5.74) is 3.29. The molecular formula is C24H25FN4O2S. The van der Waals surface area contributed by atoms with Crippen LogP contribution in [0.4, 0.5) is 10.1 Å². The average Bonchev–Trinajstić information content (AvgIpc) is 2.87. The molecule has 1 aliphatic heterocycles. The highest BCUT2D eigenvalue weighted by atomic mass is 32.2. The van der Waals surface area contributed by atoms with Gasteiger partial charge in [-0.3, -0.25) is 9.69 Å². The SMILES string of the molecule is CC(=O)N1c2ccc(C)cc2-c2nnc(SCCC(C)C)nc2O[C@H]1c1cccc(F)c1. The number of rotatable bonds is 5. The highest BCUT2D eigenvalue weighted by molar-refractivity contribution is 7.99. The lowest BCUT2D eigenvalue weighted by atomic mass is 10.0.